The van der Waals surface area contributed by atoms with Gasteiger partial charge in [0.15, 0.2) is 17.5 Å². The van der Waals surface area contributed by atoms with Crippen LogP contribution in [0.4, 0.5) is 26.1 Å². The van der Waals surface area contributed by atoms with Gasteiger partial charge in [0, 0.05) is 18.8 Å². The van der Waals surface area contributed by atoms with E-state index in [2.05, 4.69) is 15.3 Å². The molecule has 2 aliphatic rings. The summed E-state index contributed by atoms with van der Waals surface area (Å²) in [4.78, 5) is 36.6. The van der Waals surface area contributed by atoms with Crippen molar-refractivity contribution in [2.45, 2.75) is 37.8 Å². The molecule has 0 radical (unpaired) electrons. The third kappa shape index (κ3) is 4.16. The lowest BCUT2D eigenvalue weighted by atomic mass is 9.97. The number of nitrogens with two attached hydrogens (primary N) is 1. The average molecular weight is 485 g/mol. The Morgan fingerprint density at radius 3 is 2.41 bits per heavy atom. The van der Waals surface area contributed by atoms with Gasteiger partial charge in [0.2, 0.25) is 11.7 Å². The third-order valence-electron chi connectivity index (χ3n) is 5.64. The topological polar surface area (TPSA) is 104 Å². The number of piperidine rings is 2. The quantitative estimate of drug-likeness (QED) is 0.645. The van der Waals surface area contributed by atoms with Gasteiger partial charge >= 0.3 is 0 Å². The molecule has 32 heavy (non-hydrogen) atoms. The van der Waals surface area contributed by atoms with Gasteiger partial charge in [0.05, 0.1) is 10.0 Å². The van der Waals surface area contributed by atoms with Crippen LogP contribution in [0.3, 0.4) is 0 Å². The zero-order valence-electron chi connectivity index (χ0n) is 16.8. The fourth-order valence-electron chi connectivity index (χ4n) is 4.10. The number of carbonyl (C=O) groups excluding carboxylic acids is 2. The molecule has 2 fully saturated rings. The second-order valence-corrected chi connectivity index (χ2v) is 8.48. The Labute approximate surface area is 192 Å². The highest BCUT2D eigenvalue weighted by Gasteiger charge is 2.41. The van der Waals surface area contributed by atoms with E-state index in [9.17, 15) is 18.4 Å². The first kappa shape index (κ1) is 22.5. The molecule has 3 N–H and O–H groups in total. The van der Waals surface area contributed by atoms with E-state index in [1.54, 1.807) is 0 Å². The van der Waals surface area contributed by atoms with Crippen LogP contribution in [-0.2, 0) is 9.59 Å². The summed E-state index contributed by atoms with van der Waals surface area (Å²) in [7, 11) is 0. The predicted molar refractivity (Wildman–Crippen MR) is 117 cm³/mol. The number of hydrogen-bond acceptors (Lipinski definition) is 6. The number of benzene rings is 1. The Bertz CT molecular complexity index is 1050. The highest BCUT2D eigenvalue weighted by molar-refractivity contribution is 6.35. The normalized spacial score (nSPS) is 21.8. The van der Waals surface area contributed by atoms with E-state index < -0.39 is 29.6 Å². The van der Waals surface area contributed by atoms with Gasteiger partial charge in [-0.05, 0) is 37.8 Å². The number of halogens is 4. The van der Waals surface area contributed by atoms with Crippen molar-refractivity contribution < 1.29 is 18.4 Å². The third-order valence-corrected chi connectivity index (χ3v) is 6.19. The second-order valence-electron chi connectivity index (χ2n) is 7.67. The molecule has 8 nitrogen and oxygen atoms in total. The summed E-state index contributed by atoms with van der Waals surface area (Å²) in [6.07, 6.45) is 3.26. The first-order chi connectivity index (χ1) is 15.3. The van der Waals surface area contributed by atoms with Crippen molar-refractivity contribution in [3.05, 3.63) is 40.1 Å². The van der Waals surface area contributed by atoms with Crippen molar-refractivity contribution in [1.82, 2.24) is 14.9 Å². The number of amides is 2. The molecule has 170 valence electrons. The van der Waals surface area contributed by atoms with Crippen LogP contribution in [0.2, 0.25) is 10.0 Å². The summed E-state index contributed by atoms with van der Waals surface area (Å²) in [5.41, 5.74) is 5.91. The maximum absolute atomic E-state index is 14.4. The van der Waals surface area contributed by atoms with E-state index in [1.807, 2.05) is 0 Å². The molecule has 3 heterocycles. The van der Waals surface area contributed by atoms with Crippen molar-refractivity contribution in [2.75, 3.05) is 29.0 Å². The molecule has 1 aromatic heterocycles. The molecule has 2 amide bonds. The van der Waals surface area contributed by atoms with Gasteiger partial charge in [0.25, 0.3) is 5.91 Å². The van der Waals surface area contributed by atoms with Gasteiger partial charge < -0.3 is 16.0 Å². The van der Waals surface area contributed by atoms with Gasteiger partial charge in [-0.1, -0.05) is 23.2 Å². The lowest BCUT2D eigenvalue weighted by Crippen LogP contribution is -2.59. The van der Waals surface area contributed by atoms with Gasteiger partial charge in [-0.3, -0.25) is 14.5 Å². The number of nitrogen functional groups attached to an aromatic ring is 1. The molecule has 1 aromatic carbocycles. The van der Waals surface area contributed by atoms with E-state index in [0.717, 1.165) is 6.33 Å². The standard InChI is InChI=1S/C20H20Cl2F2N6O2/c21-11-7-10(8-12(22)15(11)23)28-13-3-1-5-29(19(13)31)14-4-2-6-30(20(14)32)18-16(24)17(25)26-9-27-18/h7-9,13-14,28H,1-6H2,(H2,25,26,27)/t13?,14-/m1/s1. The maximum Gasteiger partial charge on any atom is 0.251 e. The number of rotatable bonds is 4. The fourth-order valence-corrected chi connectivity index (χ4v) is 4.59. The molecule has 0 bridgehead atoms. The molecule has 12 heteroatoms. The molecule has 0 aliphatic carbocycles. The smallest absolute Gasteiger partial charge is 0.251 e. The summed E-state index contributed by atoms with van der Waals surface area (Å²) < 4.78 is 28.1. The maximum atomic E-state index is 14.4. The summed E-state index contributed by atoms with van der Waals surface area (Å²) in [6.45, 7) is 0.652. The highest BCUT2D eigenvalue weighted by atomic mass is 35.5. The van der Waals surface area contributed by atoms with Crippen molar-refractivity contribution >= 4 is 52.3 Å². The van der Waals surface area contributed by atoms with E-state index in [4.69, 9.17) is 28.9 Å². The second kappa shape index (κ2) is 9.03. The largest absolute Gasteiger partial charge is 0.381 e. The van der Waals surface area contributed by atoms with Crippen molar-refractivity contribution in [2.24, 2.45) is 0 Å². The van der Waals surface area contributed by atoms with Gasteiger partial charge in [-0.25, -0.2) is 14.4 Å². The molecule has 2 saturated heterocycles. The van der Waals surface area contributed by atoms with Crippen LogP contribution in [0.15, 0.2) is 18.5 Å². The minimum absolute atomic E-state index is 0.163. The van der Waals surface area contributed by atoms with Gasteiger partial charge in [-0.15, -0.1) is 0 Å². The van der Waals surface area contributed by atoms with Crippen molar-refractivity contribution in [1.29, 1.82) is 0 Å². The zero-order chi connectivity index (χ0) is 23.0. The van der Waals surface area contributed by atoms with Crippen LogP contribution in [0.25, 0.3) is 0 Å². The SMILES string of the molecule is Nc1ncnc(N2CCC[C@@H](N3CCCC(Nc4cc(Cl)c(F)c(Cl)c4)C3=O)C2=O)c1F. The molecular weight excluding hydrogens is 465 g/mol. The van der Waals surface area contributed by atoms with Crippen LogP contribution >= 0.6 is 23.2 Å². The minimum Gasteiger partial charge on any atom is -0.381 e. The first-order valence-electron chi connectivity index (χ1n) is 10.1. The van der Waals surface area contributed by atoms with Crippen LogP contribution in [-0.4, -0.2) is 51.9 Å². The molecule has 0 spiro atoms. The van der Waals surface area contributed by atoms with Crippen molar-refractivity contribution in [3.63, 3.8) is 0 Å². The molecule has 2 aliphatic heterocycles. The first-order valence-corrected chi connectivity index (χ1v) is 10.8. The number of carbonyl (C=O) groups is 2. The minimum atomic E-state index is -0.865. The number of nitrogens with one attached hydrogen (secondary N) is 1. The number of anilines is 3. The Morgan fingerprint density at radius 1 is 1.00 bits per heavy atom. The number of likely N-dealkylation sites (tertiary alicyclic amines) is 1. The number of aromatic nitrogens is 2. The molecule has 2 atom stereocenters. The predicted octanol–water partition coefficient (Wildman–Crippen LogP) is 3.24. The average Bonchev–Trinajstić information content (AvgIpc) is 2.76. The Kier molecular flexibility index (Phi) is 6.34. The van der Waals surface area contributed by atoms with E-state index in [1.165, 1.54) is 21.9 Å². The monoisotopic (exact) mass is 484 g/mol. The number of hydrogen-bond donors (Lipinski definition) is 2. The summed E-state index contributed by atoms with van der Waals surface area (Å²) in [5.74, 6) is -2.84. The Hall–Kier alpha value is -2.72. The van der Waals surface area contributed by atoms with Gasteiger partial charge in [0.1, 0.15) is 18.4 Å². The van der Waals surface area contributed by atoms with E-state index in [-0.39, 0.29) is 34.1 Å². The molecule has 1 unspecified atom stereocenters. The van der Waals surface area contributed by atoms with Crippen LogP contribution < -0.4 is 16.0 Å². The van der Waals surface area contributed by atoms with E-state index in [0.29, 0.717) is 37.9 Å². The van der Waals surface area contributed by atoms with Crippen molar-refractivity contribution in [3.8, 4) is 0 Å². The highest BCUT2D eigenvalue weighted by Crippen LogP contribution is 2.31. The molecule has 0 saturated carbocycles. The number of nitrogens with zero attached hydrogens (tertiary/aromatic N) is 4. The van der Waals surface area contributed by atoms with E-state index >= 15 is 0 Å². The lowest BCUT2D eigenvalue weighted by Gasteiger charge is -2.41. The Balaban J connectivity index is 1.53. The van der Waals surface area contributed by atoms with Crippen LogP contribution in [0.5, 0.6) is 0 Å². The summed E-state index contributed by atoms with van der Waals surface area (Å²) >= 11 is 11.7. The van der Waals surface area contributed by atoms with Crippen LogP contribution in [0.1, 0.15) is 25.7 Å². The lowest BCUT2D eigenvalue weighted by molar-refractivity contribution is -0.143. The summed E-state index contributed by atoms with van der Waals surface area (Å²) in [6, 6.07) is 1.31. The summed E-state index contributed by atoms with van der Waals surface area (Å²) in [5, 5.41) is 2.71. The molecular formula is C20H20Cl2F2N6O2. The molecule has 2 aromatic rings. The Morgan fingerprint density at radius 2 is 1.69 bits per heavy atom. The fraction of sp³-hybridized carbons (Fsp3) is 0.400. The molecule has 4 rings (SSSR count). The van der Waals surface area contributed by atoms with Gasteiger partial charge in [-0.2, -0.15) is 4.39 Å². The zero-order valence-corrected chi connectivity index (χ0v) is 18.3. The van der Waals surface area contributed by atoms with Crippen LogP contribution in [0, 0.1) is 11.6 Å².